The summed E-state index contributed by atoms with van der Waals surface area (Å²) in [5.74, 6) is -0.965. The molecule has 19 heavy (non-hydrogen) atoms. The maximum Gasteiger partial charge on any atom is 0.300 e. The van der Waals surface area contributed by atoms with Crippen LogP contribution in [0, 0.1) is 20.2 Å². The maximum absolute atomic E-state index is 11.0. The van der Waals surface area contributed by atoms with Gasteiger partial charge in [-0.15, -0.1) is 0 Å². The molecule has 3 N–H and O–H groups in total. The normalized spacial score (nSPS) is 9.95. The van der Waals surface area contributed by atoms with Crippen LogP contribution in [0.5, 0.6) is 0 Å². The number of rotatable bonds is 6. The first-order valence-corrected chi connectivity index (χ1v) is 5.39. The molecule has 0 aliphatic carbocycles. The molecule has 0 spiro atoms. The smallest absolute Gasteiger partial charge is 0.300 e. The van der Waals surface area contributed by atoms with Crippen LogP contribution < -0.4 is 11.1 Å². The topological polar surface area (TPSA) is 141 Å². The van der Waals surface area contributed by atoms with Crippen molar-refractivity contribution in [3.05, 3.63) is 37.9 Å². The van der Waals surface area contributed by atoms with Gasteiger partial charge in [-0.3, -0.25) is 25.0 Å². The number of nitrogens with one attached hydrogen (secondary N) is 1. The summed E-state index contributed by atoms with van der Waals surface area (Å²) in [6, 6.07) is 1.85. The molecule has 0 fully saturated rings. The first-order chi connectivity index (χ1) is 8.88. The standard InChI is InChI=1S/C10H12N4O5/c1-2-3-12-9-7(13(16)17)4-6(10(11)15)5-8(9)14(18)19/h4-5,12H,2-3H2,1H3,(H2,11,15). The average Bonchev–Trinajstić information content (AvgIpc) is 2.34. The Morgan fingerprint density at radius 2 is 1.74 bits per heavy atom. The minimum absolute atomic E-state index is 0.221. The van der Waals surface area contributed by atoms with E-state index in [0.29, 0.717) is 13.0 Å². The molecule has 0 aliphatic rings. The zero-order valence-corrected chi connectivity index (χ0v) is 10.1. The van der Waals surface area contributed by atoms with Crippen molar-refractivity contribution in [2.45, 2.75) is 13.3 Å². The van der Waals surface area contributed by atoms with Crippen LogP contribution in [0.4, 0.5) is 17.1 Å². The van der Waals surface area contributed by atoms with Crippen LogP contribution in [-0.4, -0.2) is 22.3 Å². The molecule has 0 unspecified atom stereocenters. The highest BCUT2D eigenvalue weighted by Gasteiger charge is 2.27. The number of hydrogen-bond acceptors (Lipinski definition) is 6. The number of primary amides is 1. The Kier molecular flexibility index (Phi) is 4.35. The van der Waals surface area contributed by atoms with Crippen molar-refractivity contribution in [3.8, 4) is 0 Å². The number of nitro groups is 2. The Morgan fingerprint density at radius 3 is 2.05 bits per heavy atom. The number of anilines is 1. The predicted molar refractivity (Wildman–Crippen MR) is 67.0 cm³/mol. The zero-order valence-electron chi connectivity index (χ0n) is 10.1. The zero-order chi connectivity index (χ0) is 14.6. The van der Waals surface area contributed by atoms with E-state index in [1.165, 1.54) is 0 Å². The second kappa shape index (κ2) is 5.76. The van der Waals surface area contributed by atoms with Gasteiger partial charge in [0.05, 0.1) is 15.4 Å². The Balaban J connectivity index is 3.50. The van der Waals surface area contributed by atoms with Crippen LogP contribution in [0.3, 0.4) is 0 Å². The molecule has 0 atom stereocenters. The van der Waals surface area contributed by atoms with Crippen molar-refractivity contribution >= 4 is 23.0 Å². The van der Waals surface area contributed by atoms with Crippen molar-refractivity contribution in [1.82, 2.24) is 0 Å². The first-order valence-electron chi connectivity index (χ1n) is 5.39. The van der Waals surface area contributed by atoms with Gasteiger partial charge in [0.25, 0.3) is 11.4 Å². The molecule has 0 saturated heterocycles. The highest BCUT2D eigenvalue weighted by Crippen LogP contribution is 2.35. The Labute approximate surface area is 107 Å². The molecule has 1 aromatic rings. The SMILES string of the molecule is CCCNc1c([N+](=O)[O-])cc(C(N)=O)cc1[N+](=O)[O-]. The van der Waals surface area contributed by atoms with E-state index in [4.69, 9.17) is 5.73 Å². The molecule has 1 aromatic carbocycles. The summed E-state index contributed by atoms with van der Waals surface area (Å²) >= 11 is 0. The van der Waals surface area contributed by atoms with Crippen molar-refractivity contribution in [1.29, 1.82) is 0 Å². The third-order valence-electron chi connectivity index (χ3n) is 2.33. The van der Waals surface area contributed by atoms with Crippen molar-refractivity contribution in [3.63, 3.8) is 0 Å². The summed E-state index contributed by atoms with van der Waals surface area (Å²) < 4.78 is 0. The number of nitrogens with zero attached hydrogens (tertiary/aromatic N) is 2. The van der Waals surface area contributed by atoms with Crippen LogP contribution in [0.1, 0.15) is 23.7 Å². The van der Waals surface area contributed by atoms with E-state index in [-0.39, 0.29) is 11.3 Å². The number of nitro benzene ring substituents is 2. The molecule has 0 bridgehead atoms. The molecule has 0 saturated carbocycles. The minimum Gasteiger partial charge on any atom is -0.374 e. The highest BCUT2D eigenvalue weighted by atomic mass is 16.6. The number of nitrogens with two attached hydrogens (primary N) is 1. The lowest BCUT2D eigenvalue weighted by Gasteiger charge is -2.07. The van der Waals surface area contributed by atoms with Gasteiger partial charge in [-0.05, 0) is 6.42 Å². The van der Waals surface area contributed by atoms with Gasteiger partial charge in [-0.1, -0.05) is 6.92 Å². The second-order valence-corrected chi connectivity index (χ2v) is 3.69. The average molecular weight is 268 g/mol. The van der Waals surface area contributed by atoms with Gasteiger partial charge >= 0.3 is 0 Å². The third kappa shape index (κ3) is 3.15. The van der Waals surface area contributed by atoms with E-state index < -0.39 is 27.1 Å². The summed E-state index contributed by atoms with van der Waals surface area (Å²) in [4.78, 5) is 31.3. The van der Waals surface area contributed by atoms with Crippen LogP contribution in [0.25, 0.3) is 0 Å². The van der Waals surface area contributed by atoms with Crippen molar-refractivity contribution in [2.75, 3.05) is 11.9 Å². The summed E-state index contributed by atoms with van der Waals surface area (Å²) in [6.07, 6.45) is 0.631. The van der Waals surface area contributed by atoms with E-state index in [1.807, 2.05) is 6.92 Å². The van der Waals surface area contributed by atoms with Crippen LogP contribution in [0.2, 0.25) is 0 Å². The Morgan fingerprint density at radius 1 is 1.26 bits per heavy atom. The van der Waals surface area contributed by atoms with Crippen molar-refractivity contribution < 1.29 is 14.6 Å². The number of benzene rings is 1. The Bertz CT molecular complexity index is 508. The number of carbonyl (C=O) groups is 1. The fraction of sp³-hybridized carbons (Fsp3) is 0.300. The van der Waals surface area contributed by atoms with E-state index in [9.17, 15) is 25.0 Å². The molecule has 9 nitrogen and oxygen atoms in total. The quantitative estimate of drug-likeness (QED) is 0.590. The lowest BCUT2D eigenvalue weighted by Crippen LogP contribution is -2.13. The monoisotopic (exact) mass is 268 g/mol. The van der Waals surface area contributed by atoms with Gasteiger partial charge in [0.15, 0.2) is 5.69 Å². The van der Waals surface area contributed by atoms with E-state index >= 15 is 0 Å². The summed E-state index contributed by atoms with van der Waals surface area (Å²) in [5, 5.41) is 24.5. The molecule has 0 aromatic heterocycles. The molecular formula is C10H12N4O5. The van der Waals surface area contributed by atoms with Crippen molar-refractivity contribution in [2.24, 2.45) is 5.73 Å². The van der Waals surface area contributed by atoms with Crippen LogP contribution >= 0.6 is 0 Å². The van der Waals surface area contributed by atoms with Gasteiger partial charge in [-0.25, -0.2) is 0 Å². The maximum atomic E-state index is 11.0. The minimum atomic E-state index is -0.965. The highest BCUT2D eigenvalue weighted by molar-refractivity contribution is 5.96. The fourth-order valence-corrected chi connectivity index (χ4v) is 1.47. The largest absolute Gasteiger partial charge is 0.374 e. The Hall–Kier alpha value is -2.71. The molecular weight excluding hydrogens is 256 g/mol. The molecule has 0 heterocycles. The molecule has 1 rings (SSSR count). The molecule has 102 valence electrons. The third-order valence-corrected chi connectivity index (χ3v) is 2.33. The molecule has 9 heteroatoms. The van der Waals surface area contributed by atoms with Gasteiger partial charge in [0, 0.05) is 18.7 Å². The number of hydrogen-bond donors (Lipinski definition) is 2. The molecule has 0 aliphatic heterocycles. The fourth-order valence-electron chi connectivity index (χ4n) is 1.47. The van der Waals surface area contributed by atoms with Gasteiger partial charge in [0.1, 0.15) is 0 Å². The summed E-state index contributed by atoms with van der Waals surface area (Å²) in [7, 11) is 0. The van der Waals surface area contributed by atoms with Crippen LogP contribution in [0.15, 0.2) is 12.1 Å². The number of amides is 1. The summed E-state index contributed by atoms with van der Waals surface area (Å²) in [5.41, 5.74) is 3.41. The van der Waals surface area contributed by atoms with Gasteiger partial charge in [-0.2, -0.15) is 0 Å². The predicted octanol–water partition coefficient (Wildman–Crippen LogP) is 1.42. The number of carbonyl (C=O) groups excluding carboxylic acids is 1. The van der Waals surface area contributed by atoms with E-state index in [1.54, 1.807) is 0 Å². The second-order valence-electron chi connectivity index (χ2n) is 3.69. The summed E-state index contributed by atoms with van der Waals surface area (Å²) in [6.45, 7) is 2.14. The van der Waals surface area contributed by atoms with E-state index in [2.05, 4.69) is 5.32 Å². The van der Waals surface area contributed by atoms with Gasteiger partial charge in [0.2, 0.25) is 5.91 Å². The van der Waals surface area contributed by atoms with E-state index in [0.717, 1.165) is 12.1 Å². The molecule has 0 radical (unpaired) electrons. The lowest BCUT2D eigenvalue weighted by molar-refractivity contribution is -0.392. The molecule has 1 amide bonds. The first kappa shape index (κ1) is 14.4. The van der Waals surface area contributed by atoms with Crippen LogP contribution in [-0.2, 0) is 0 Å². The lowest BCUT2D eigenvalue weighted by atomic mass is 10.1. The van der Waals surface area contributed by atoms with Gasteiger partial charge < -0.3 is 11.1 Å².